The highest BCUT2D eigenvalue weighted by molar-refractivity contribution is 7.83. The van der Waals surface area contributed by atoms with Crippen molar-refractivity contribution in [3.8, 4) is 0 Å². The van der Waals surface area contributed by atoms with Gasteiger partial charge in [0.05, 0.1) is 6.04 Å². The third kappa shape index (κ3) is 2.29. The SMILES string of the molecule is O=C1N2CC(CC3CN(C4CC4)S(=O)C32)N1OCc1ccccc1. The topological polar surface area (TPSA) is 53.1 Å². The average Bonchev–Trinajstić information content (AvgIpc) is 3.35. The minimum atomic E-state index is -1.07. The predicted molar refractivity (Wildman–Crippen MR) is 88.7 cm³/mol. The summed E-state index contributed by atoms with van der Waals surface area (Å²) < 4.78 is 14.9. The fourth-order valence-corrected chi connectivity index (χ4v) is 6.23. The van der Waals surface area contributed by atoms with E-state index in [2.05, 4.69) is 4.31 Å². The molecule has 0 radical (unpaired) electrons. The molecule has 1 aromatic carbocycles. The first-order valence-corrected chi connectivity index (χ1v) is 9.83. The fraction of sp³-hybridized carbons (Fsp3) is 0.588. The third-order valence-corrected chi connectivity index (χ3v) is 7.44. The van der Waals surface area contributed by atoms with Gasteiger partial charge in [0.1, 0.15) is 23.0 Å². The zero-order chi connectivity index (χ0) is 16.3. The molecule has 3 heterocycles. The highest BCUT2D eigenvalue weighted by Gasteiger charge is 2.57. The minimum absolute atomic E-state index is 0.0821. The Hall–Kier alpha value is -1.44. The first-order valence-electron chi connectivity index (χ1n) is 8.66. The van der Waals surface area contributed by atoms with Crippen LogP contribution in [0.5, 0.6) is 0 Å². The molecule has 2 bridgehead atoms. The van der Waals surface area contributed by atoms with Gasteiger partial charge >= 0.3 is 6.03 Å². The van der Waals surface area contributed by atoms with Crippen LogP contribution in [-0.4, -0.2) is 55.1 Å². The van der Waals surface area contributed by atoms with E-state index in [1.165, 1.54) is 5.06 Å². The number of carbonyl (C=O) groups is 1. The predicted octanol–water partition coefficient (Wildman–Crippen LogP) is 1.71. The molecule has 4 fully saturated rings. The van der Waals surface area contributed by atoms with Crippen LogP contribution in [0.25, 0.3) is 0 Å². The van der Waals surface area contributed by atoms with Crippen molar-refractivity contribution in [2.75, 3.05) is 13.1 Å². The zero-order valence-corrected chi connectivity index (χ0v) is 14.2. The van der Waals surface area contributed by atoms with Crippen molar-refractivity contribution in [1.29, 1.82) is 0 Å². The summed E-state index contributed by atoms with van der Waals surface area (Å²) in [5.74, 6) is 0.305. The second kappa shape index (κ2) is 5.54. The Labute approximate surface area is 143 Å². The van der Waals surface area contributed by atoms with Crippen LogP contribution in [-0.2, 0) is 22.4 Å². The van der Waals surface area contributed by atoms with Crippen LogP contribution in [0.4, 0.5) is 4.79 Å². The van der Waals surface area contributed by atoms with Crippen molar-refractivity contribution in [2.45, 2.75) is 43.3 Å². The number of benzene rings is 1. The molecule has 3 aliphatic heterocycles. The Kier molecular flexibility index (Phi) is 3.43. The number of carbonyl (C=O) groups excluding carboxylic acids is 1. The standard InChI is InChI=1S/C17H21N3O3S/c21-17-18-10-15(20(17)23-11-12-4-2-1-3-5-12)8-13-9-19(14-6-7-14)24(22)16(13)18/h1-5,13-16H,6-11H2. The lowest BCUT2D eigenvalue weighted by atomic mass is 9.96. The molecule has 5 rings (SSSR count). The fourth-order valence-electron chi connectivity index (χ4n) is 4.18. The second-order valence-corrected chi connectivity index (χ2v) is 8.67. The summed E-state index contributed by atoms with van der Waals surface area (Å²) >= 11 is 0. The summed E-state index contributed by atoms with van der Waals surface area (Å²) in [4.78, 5) is 20.4. The highest BCUT2D eigenvalue weighted by Crippen LogP contribution is 2.44. The smallest absolute Gasteiger partial charge is 0.304 e. The van der Waals surface area contributed by atoms with Crippen LogP contribution in [0.3, 0.4) is 0 Å². The number of piperidine rings is 1. The van der Waals surface area contributed by atoms with E-state index in [0.29, 0.717) is 25.1 Å². The number of amides is 2. The van der Waals surface area contributed by atoms with Gasteiger partial charge < -0.3 is 4.90 Å². The number of hydroxylamine groups is 2. The second-order valence-electron chi connectivity index (χ2n) is 7.17. The number of nitrogens with zero attached hydrogens (tertiary/aromatic N) is 3. The van der Waals surface area contributed by atoms with E-state index in [0.717, 1.165) is 31.4 Å². The van der Waals surface area contributed by atoms with Crippen LogP contribution in [0.1, 0.15) is 24.8 Å². The van der Waals surface area contributed by atoms with Crippen molar-refractivity contribution in [3.05, 3.63) is 35.9 Å². The first-order chi connectivity index (χ1) is 11.7. The van der Waals surface area contributed by atoms with E-state index >= 15 is 0 Å². The van der Waals surface area contributed by atoms with E-state index in [9.17, 15) is 9.00 Å². The summed E-state index contributed by atoms with van der Waals surface area (Å²) in [6.45, 7) is 1.89. The molecule has 4 aliphatic rings. The molecule has 128 valence electrons. The van der Waals surface area contributed by atoms with Crippen LogP contribution in [0.2, 0.25) is 0 Å². The van der Waals surface area contributed by atoms with Crippen LogP contribution < -0.4 is 0 Å². The summed E-state index contributed by atoms with van der Waals surface area (Å²) in [5, 5.41) is 1.38. The third-order valence-electron chi connectivity index (χ3n) is 5.48. The van der Waals surface area contributed by atoms with E-state index in [1.807, 2.05) is 30.3 Å². The molecule has 2 amide bonds. The van der Waals surface area contributed by atoms with E-state index in [-0.39, 0.29) is 17.4 Å². The molecule has 7 heteroatoms. The molecule has 0 aromatic heterocycles. The molecular formula is C17H21N3O3S. The number of rotatable bonds is 4. The monoisotopic (exact) mass is 347 g/mol. The molecule has 4 atom stereocenters. The van der Waals surface area contributed by atoms with Crippen molar-refractivity contribution in [1.82, 2.24) is 14.3 Å². The number of hydrogen-bond donors (Lipinski definition) is 0. The van der Waals surface area contributed by atoms with Crippen molar-refractivity contribution in [3.63, 3.8) is 0 Å². The Bertz CT molecular complexity index is 681. The Morgan fingerprint density at radius 2 is 1.92 bits per heavy atom. The van der Waals surface area contributed by atoms with Gasteiger partial charge in [0.15, 0.2) is 0 Å². The largest absolute Gasteiger partial charge is 0.345 e. The maximum absolute atomic E-state index is 12.8. The molecule has 0 N–H and O–H groups in total. The summed E-state index contributed by atoms with van der Waals surface area (Å²) in [6.07, 6.45) is 3.18. The molecule has 4 unspecified atom stereocenters. The van der Waals surface area contributed by atoms with E-state index in [1.54, 1.807) is 4.90 Å². The van der Waals surface area contributed by atoms with E-state index in [4.69, 9.17) is 4.84 Å². The van der Waals surface area contributed by atoms with Gasteiger partial charge in [0.25, 0.3) is 0 Å². The van der Waals surface area contributed by atoms with Gasteiger partial charge in [-0.3, -0.25) is 4.84 Å². The van der Waals surface area contributed by atoms with Gasteiger partial charge in [-0.2, -0.15) is 5.06 Å². The summed E-state index contributed by atoms with van der Waals surface area (Å²) in [7, 11) is -1.07. The molecule has 1 aromatic rings. The lowest BCUT2D eigenvalue weighted by Crippen LogP contribution is -2.45. The average molecular weight is 347 g/mol. The minimum Gasteiger partial charge on any atom is -0.304 e. The summed E-state index contributed by atoms with van der Waals surface area (Å²) in [5.41, 5.74) is 1.05. The molecular weight excluding hydrogens is 326 g/mol. The van der Waals surface area contributed by atoms with E-state index < -0.39 is 11.0 Å². The first kappa shape index (κ1) is 14.9. The van der Waals surface area contributed by atoms with Crippen molar-refractivity contribution in [2.24, 2.45) is 5.92 Å². The van der Waals surface area contributed by atoms with Gasteiger partial charge in [0, 0.05) is 25.0 Å². The van der Waals surface area contributed by atoms with Gasteiger partial charge in [0.2, 0.25) is 0 Å². The van der Waals surface area contributed by atoms with Gasteiger partial charge in [-0.05, 0) is 24.8 Å². The molecule has 3 saturated heterocycles. The van der Waals surface area contributed by atoms with Gasteiger partial charge in [-0.1, -0.05) is 30.3 Å². The molecule has 24 heavy (non-hydrogen) atoms. The Morgan fingerprint density at radius 1 is 1.12 bits per heavy atom. The Morgan fingerprint density at radius 3 is 2.67 bits per heavy atom. The molecule has 1 saturated carbocycles. The molecule has 6 nitrogen and oxygen atoms in total. The van der Waals surface area contributed by atoms with Gasteiger partial charge in [-0.25, -0.2) is 13.3 Å². The summed E-state index contributed by atoms with van der Waals surface area (Å²) in [6, 6.07) is 10.3. The highest BCUT2D eigenvalue weighted by atomic mass is 32.2. The number of hydrogen-bond acceptors (Lipinski definition) is 3. The number of urea groups is 1. The maximum Gasteiger partial charge on any atom is 0.345 e. The molecule has 0 spiro atoms. The van der Waals surface area contributed by atoms with Crippen LogP contribution >= 0.6 is 0 Å². The zero-order valence-electron chi connectivity index (χ0n) is 13.4. The Balaban J connectivity index is 1.31. The molecule has 1 aliphatic carbocycles. The van der Waals surface area contributed by atoms with Gasteiger partial charge in [-0.15, -0.1) is 0 Å². The lowest BCUT2D eigenvalue weighted by molar-refractivity contribution is -0.142. The quantitative estimate of drug-likeness (QED) is 0.833. The maximum atomic E-state index is 12.8. The van der Waals surface area contributed by atoms with Crippen LogP contribution in [0.15, 0.2) is 30.3 Å². The lowest BCUT2D eigenvalue weighted by Gasteiger charge is -2.30. The van der Waals surface area contributed by atoms with Crippen molar-refractivity contribution < 1.29 is 13.8 Å². The van der Waals surface area contributed by atoms with Crippen molar-refractivity contribution >= 4 is 17.0 Å². The normalized spacial score (nSPS) is 35.6. The van der Waals surface area contributed by atoms with Crippen LogP contribution in [0, 0.1) is 5.92 Å². The number of fused-ring (bicyclic) bond motifs is 4.